The second-order valence-corrected chi connectivity index (χ2v) is 12.5. The molecule has 1 amide bonds. The van der Waals surface area contributed by atoms with Gasteiger partial charge in [0.2, 0.25) is 0 Å². The zero-order valence-corrected chi connectivity index (χ0v) is 25.7. The van der Waals surface area contributed by atoms with E-state index in [9.17, 15) is 4.79 Å². The number of hydrogen-bond acceptors (Lipinski definition) is 7. The van der Waals surface area contributed by atoms with Crippen molar-refractivity contribution in [3.8, 4) is 22.5 Å². The minimum atomic E-state index is -0.547. The molecule has 1 N–H and O–H groups in total. The Morgan fingerprint density at radius 2 is 1.81 bits per heavy atom. The van der Waals surface area contributed by atoms with Gasteiger partial charge in [-0.05, 0) is 63.6 Å². The predicted octanol–water partition coefficient (Wildman–Crippen LogP) is 6.60. The molecule has 0 bridgehead atoms. The van der Waals surface area contributed by atoms with Gasteiger partial charge in [-0.15, -0.1) is 0 Å². The molecule has 0 radical (unpaired) electrons. The highest BCUT2D eigenvalue weighted by atomic mass is 35.5. The van der Waals surface area contributed by atoms with E-state index in [4.69, 9.17) is 32.9 Å². The number of carbonyl (C=O) groups is 1. The van der Waals surface area contributed by atoms with E-state index < -0.39 is 11.4 Å². The van der Waals surface area contributed by atoms with Gasteiger partial charge in [0, 0.05) is 72.9 Å². The number of halogens is 3. The van der Waals surface area contributed by atoms with Crippen molar-refractivity contribution in [3.63, 3.8) is 0 Å². The van der Waals surface area contributed by atoms with Gasteiger partial charge in [0.15, 0.2) is 5.82 Å². The van der Waals surface area contributed by atoms with Gasteiger partial charge in [0.05, 0.1) is 5.02 Å². The molecule has 4 aliphatic rings. The van der Waals surface area contributed by atoms with Crippen LogP contribution in [0.3, 0.4) is 0 Å². The Morgan fingerprint density at radius 3 is 2.53 bits per heavy atom. The second-order valence-electron chi connectivity index (χ2n) is 11.6. The Hall–Kier alpha value is -3.89. The first-order chi connectivity index (χ1) is 20.6. The number of nitrogens with zero attached hydrogens (tertiary/aromatic N) is 6. The molecule has 0 spiro atoms. The highest BCUT2D eigenvalue weighted by Crippen LogP contribution is 2.40. The molecule has 2 aromatic carbocycles. The molecule has 0 atom stereocenters. The summed E-state index contributed by atoms with van der Waals surface area (Å²) in [7, 11) is 0. The third-order valence-corrected chi connectivity index (χ3v) is 7.93. The van der Waals surface area contributed by atoms with Crippen LogP contribution in [0.5, 0.6) is 0 Å². The first-order valence-corrected chi connectivity index (χ1v) is 15.0. The summed E-state index contributed by atoms with van der Waals surface area (Å²) in [6, 6.07) is 12.4. The first kappa shape index (κ1) is 29.2. The molecule has 12 heteroatoms. The summed E-state index contributed by atoms with van der Waals surface area (Å²) in [6.45, 7) is 9.24. The molecule has 9 nitrogen and oxygen atoms in total. The maximum atomic E-state index is 15.3. The van der Waals surface area contributed by atoms with Gasteiger partial charge in [-0.3, -0.25) is 0 Å². The summed E-state index contributed by atoms with van der Waals surface area (Å²) in [5, 5.41) is 4.61. The van der Waals surface area contributed by atoms with Crippen molar-refractivity contribution in [2.75, 3.05) is 42.9 Å². The van der Waals surface area contributed by atoms with E-state index in [-0.39, 0.29) is 17.4 Å². The summed E-state index contributed by atoms with van der Waals surface area (Å²) < 4.78 is 22.8. The lowest BCUT2D eigenvalue weighted by Crippen LogP contribution is -2.50. The largest absolute Gasteiger partial charge is 0.444 e. The lowest BCUT2D eigenvalue weighted by Gasteiger charge is -2.36. The molecule has 0 unspecified atom stereocenters. The Morgan fingerprint density at radius 1 is 1.02 bits per heavy atom. The molecule has 224 valence electrons. The van der Waals surface area contributed by atoms with Gasteiger partial charge in [-0.2, -0.15) is 4.98 Å². The topological polar surface area (TPSA) is 87.9 Å². The minimum Gasteiger partial charge on any atom is -0.444 e. The Balaban J connectivity index is 1.26. The summed E-state index contributed by atoms with van der Waals surface area (Å²) in [4.78, 5) is 29.7. The maximum absolute atomic E-state index is 15.3. The molecule has 6 rings (SSSR count). The van der Waals surface area contributed by atoms with Crippen LogP contribution in [-0.2, 0) is 11.3 Å². The summed E-state index contributed by atoms with van der Waals surface area (Å²) in [5.41, 5.74) is 3.09. The van der Waals surface area contributed by atoms with Crippen molar-refractivity contribution in [1.29, 1.82) is 0 Å². The molecular formula is C31H32Cl2FN7O2. The number of pyridine rings is 1. The normalized spacial score (nSPS) is 15.8. The number of piperazine rings is 1. The van der Waals surface area contributed by atoms with Crippen molar-refractivity contribution in [2.24, 2.45) is 4.99 Å². The van der Waals surface area contributed by atoms with Crippen LogP contribution in [0, 0.1) is 5.82 Å². The number of carbonyl (C=O) groups excluding carboxylic acids is 1. The third kappa shape index (κ3) is 6.26. The predicted molar refractivity (Wildman–Crippen MR) is 167 cm³/mol. The SMILES string of the molecule is CC(C)(C)OC(=O)N1CCN(c2ccc(N=c3ncc4cc(-c5ccc(Cl)cc5Cl)c5n(c-4n3)CCCN5)c(F)c2)CC1. The monoisotopic (exact) mass is 623 g/mol. The van der Waals surface area contributed by atoms with E-state index in [1.54, 1.807) is 23.2 Å². The van der Waals surface area contributed by atoms with E-state index >= 15 is 4.39 Å². The molecule has 0 aromatic heterocycles. The summed E-state index contributed by atoms with van der Waals surface area (Å²) in [5.74, 6) is 1.12. The number of aromatic nitrogens is 3. The van der Waals surface area contributed by atoms with Crippen molar-refractivity contribution in [2.45, 2.75) is 39.3 Å². The lowest BCUT2D eigenvalue weighted by atomic mass is 10.0. The molecule has 0 aliphatic carbocycles. The molecule has 2 aromatic rings. The van der Waals surface area contributed by atoms with Crippen LogP contribution < -0.4 is 15.8 Å². The van der Waals surface area contributed by atoms with Crippen molar-refractivity contribution in [3.05, 3.63) is 70.1 Å². The van der Waals surface area contributed by atoms with Crippen LogP contribution >= 0.6 is 23.2 Å². The second kappa shape index (κ2) is 11.7. The molecule has 4 aliphatic heterocycles. The molecule has 43 heavy (non-hydrogen) atoms. The fourth-order valence-corrected chi connectivity index (χ4v) is 5.86. The van der Waals surface area contributed by atoms with Crippen LogP contribution in [0.15, 0.2) is 53.7 Å². The molecule has 1 saturated heterocycles. The van der Waals surface area contributed by atoms with Gasteiger partial charge in [0.25, 0.3) is 5.62 Å². The highest BCUT2D eigenvalue weighted by molar-refractivity contribution is 6.36. The zero-order chi connectivity index (χ0) is 30.3. The fourth-order valence-electron chi connectivity index (χ4n) is 5.35. The highest BCUT2D eigenvalue weighted by Gasteiger charge is 2.26. The zero-order valence-electron chi connectivity index (χ0n) is 24.2. The number of anilines is 2. The van der Waals surface area contributed by atoms with Crippen molar-refractivity contribution < 1.29 is 13.9 Å². The van der Waals surface area contributed by atoms with Crippen molar-refractivity contribution in [1.82, 2.24) is 19.4 Å². The number of nitrogens with one attached hydrogen (secondary N) is 1. The fraction of sp³-hybridized carbons (Fsp3) is 0.355. The van der Waals surface area contributed by atoms with Gasteiger partial charge < -0.3 is 24.4 Å². The number of fused-ring (bicyclic) bond motifs is 3. The number of ether oxygens (including phenoxy) is 1. The van der Waals surface area contributed by atoms with Gasteiger partial charge >= 0.3 is 6.09 Å². The Bertz CT molecular complexity index is 1730. The summed E-state index contributed by atoms with van der Waals surface area (Å²) >= 11 is 12.7. The van der Waals surface area contributed by atoms with Crippen LogP contribution in [0.4, 0.5) is 26.4 Å². The van der Waals surface area contributed by atoms with Crippen LogP contribution in [0.1, 0.15) is 27.2 Å². The quantitative estimate of drug-likeness (QED) is 0.277. The van der Waals surface area contributed by atoms with Crippen LogP contribution in [0.2, 0.25) is 10.0 Å². The minimum absolute atomic E-state index is 0.150. The Kier molecular flexibility index (Phi) is 7.91. The summed E-state index contributed by atoms with van der Waals surface area (Å²) in [6.07, 6.45) is 2.29. The molecule has 4 heterocycles. The number of benzene rings is 2. The standard InChI is InChI=1S/C31H32Cl2FN7O2/c1-31(2,3)43-30(42)40-13-11-39(12-14-40)21-6-8-26(25(34)17-21)37-29-36-18-19-15-23(22-7-5-20(32)16-24(22)33)28-35-9-4-10-41(28)27(19)38-29/h5-8,15-18,35H,4,9-14H2,1-3H3. The van der Waals surface area contributed by atoms with Crippen LogP contribution in [-0.4, -0.2) is 63.9 Å². The Labute approximate surface area is 259 Å². The van der Waals surface area contributed by atoms with Crippen LogP contribution in [0.25, 0.3) is 22.5 Å². The smallest absolute Gasteiger partial charge is 0.410 e. The number of hydrogen-bond donors (Lipinski definition) is 1. The first-order valence-electron chi connectivity index (χ1n) is 14.2. The van der Waals surface area contributed by atoms with Gasteiger partial charge in [-0.25, -0.2) is 19.2 Å². The maximum Gasteiger partial charge on any atom is 0.410 e. The van der Waals surface area contributed by atoms with Gasteiger partial charge in [0.1, 0.15) is 22.9 Å². The lowest BCUT2D eigenvalue weighted by molar-refractivity contribution is 0.0240. The van der Waals surface area contributed by atoms with Crippen molar-refractivity contribution >= 4 is 46.5 Å². The number of amides is 1. The van der Waals surface area contributed by atoms with E-state index in [0.717, 1.165) is 47.7 Å². The number of rotatable bonds is 3. The average molecular weight is 625 g/mol. The van der Waals surface area contributed by atoms with E-state index in [2.05, 4.69) is 19.9 Å². The molecule has 0 saturated carbocycles. The van der Waals surface area contributed by atoms with E-state index in [0.29, 0.717) is 42.0 Å². The molecular weight excluding hydrogens is 592 g/mol. The average Bonchev–Trinajstić information content (AvgIpc) is 2.97. The third-order valence-electron chi connectivity index (χ3n) is 7.38. The molecule has 1 fully saturated rings. The van der Waals surface area contributed by atoms with E-state index in [1.807, 2.05) is 49.9 Å². The van der Waals surface area contributed by atoms with E-state index in [1.165, 1.54) is 6.07 Å². The van der Waals surface area contributed by atoms with Gasteiger partial charge in [-0.1, -0.05) is 29.3 Å².